The van der Waals surface area contributed by atoms with Crippen molar-refractivity contribution < 1.29 is 0 Å². The van der Waals surface area contributed by atoms with E-state index in [-0.39, 0.29) is 0 Å². The van der Waals surface area contributed by atoms with E-state index in [0.717, 1.165) is 40.5 Å². The highest BCUT2D eigenvalue weighted by Crippen LogP contribution is 2.38. The first-order valence-electron chi connectivity index (χ1n) is 8.56. The van der Waals surface area contributed by atoms with Crippen LogP contribution in [-0.2, 0) is 13.6 Å². The Hall–Kier alpha value is -2.81. The predicted octanol–water partition coefficient (Wildman–Crippen LogP) is 2.42. The molecule has 0 atom stereocenters. The summed E-state index contributed by atoms with van der Waals surface area (Å²) in [7, 11) is 2.04. The SMILES string of the molecule is Cn1c(Cn2ccnc2)nnc1C1CC(Nc2ncnc3sccc23)C1. The maximum atomic E-state index is 4.43. The smallest absolute Gasteiger partial charge is 0.152 e. The van der Waals surface area contributed by atoms with E-state index >= 15 is 0 Å². The van der Waals surface area contributed by atoms with E-state index in [9.17, 15) is 0 Å². The monoisotopic (exact) mass is 366 g/mol. The first-order chi connectivity index (χ1) is 12.8. The normalized spacial score (nSPS) is 19.6. The molecule has 5 rings (SSSR count). The van der Waals surface area contributed by atoms with Crippen molar-refractivity contribution in [3.8, 4) is 0 Å². The maximum Gasteiger partial charge on any atom is 0.152 e. The molecule has 0 radical (unpaired) electrons. The zero-order chi connectivity index (χ0) is 17.5. The fraction of sp³-hybridized carbons (Fsp3) is 0.353. The molecule has 1 saturated carbocycles. The molecule has 4 aromatic rings. The van der Waals surface area contributed by atoms with Gasteiger partial charge in [-0.25, -0.2) is 15.0 Å². The topological polar surface area (TPSA) is 86.3 Å². The molecular weight excluding hydrogens is 348 g/mol. The molecule has 1 aliphatic carbocycles. The summed E-state index contributed by atoms with van der Waals surface area (Å²) in [6.07, 6.45) is 9.20. The van der Waals surface area contributed by atoms with Crippen molar-refractivity contribution in [3.05, 3.63) is 48.1 Å². The molecule has 9 heteroatoms. The number of rotatable bonds is 5. The molecule has 4 aromatic heterocycles. The standard InChI is InChI=1S/C17H18N8S/c1-24-14(8-25-4-3-18-10-25)22-23-16(24)11-6-12(7-11)21-15-13-2-5-26-17(13)20-9-19-15/h2-5,9-12H,6-8H2,1H3,(H,19,20,21). The lowest BCUT2D eigenvalue weighted by molar-refractivity contribution is 0.351. The zero-order valence-electron chi connectivity index (χ0n) is 14.3. The minimum atomic E-state index is 0.409. The number of fused-ring (bicyclic) bond motifs is 1. The number of hydrogen-bond donors (Lipinski definition) is 1. The lowest BCUT2D eigenvalue weighted by atomic mass is 9.79. The van der Waals surface area contributed by atoms with Crippen LogP contribution in [0.15, 0.2) is 36.5 Å². The quantitative estimate of drug-likeness (QED) is 0.584. The van der Waals surface area contributed by atoms with Crippen LogP contribution in [-0.4, -0.2) is 40.3 Å². The molecule has 0 saturated heterocycles. The summed E-state index contributed by atoms with van der Waals surface area (Å²) in [4.78, 5) is 13.8. The maximum absolute atomic E-state index is 4.43. The molecule has 0 aliphatic heterocycles. The van der Waals surface area contributed by atoms with Crippen molar-refractivity contribution in [2.45, 2.75) is 31.3 Å². The van der Waals surface area contributed by atoms with Gasteiger partial charge in [0.05, 0.1) is 18.3 Å². The molecule has 132 valence electrons. The highest BCUT2D eigenvalue weighted by atomic mass is 32.1. The Morgan fingerprint density at radius 1 is 1.27 bits per heavy atom. The molecule has 0 aromatic carbocycles. The molecule has 4 heterocycles. The van der Waals surface area contributed by atoms with Gasteiger partial charge in [0.1, 0.15) is 22.8 Å². The molecule has 0 unspecified atom stereocenters. The summed E-state index contributed by atoms with van der Waals surface area (Å²) in [6, 6.07) is 2.48. The Morgan fingerprint density at radius 2 is 2.19 bits per heavy atom. The highest BCUT2D eigenvalue weighted by molar-refractivity contribution is 7.16. The zero-order valence-corrected chi connectivity index (χ0v) is 15.1. The molecule has 1 N–H and O–H groups in total. The van der Waals surface area contributed by atoms with Crippen molar-refractivity contribution >= 4 is 27.4 Å². The van der Waals surface area contributed by atoms with Gasteiger partial charge in [-0.2, -0.15) is 0 Å². The average molecular weight is 366 g/mol. The molecule has 26 heavy (non-hydrogen) atoms. The first kappa shape index (κ1) is 15.4. The second-order valence-electron chi connectivity index (χ2n) is 6.64. The Kier molecular flexibility index (Phi) is 3.66. The molecule has 1 aliphatic rings. The number of thiophene rings is 1. The van der Waals surface area contributed by atoms with Gasteiger partial charge in [-0.05, 0) is 24.3 Å². The van der Waals surface area contributed by atoms with Crippen LogP contribution < -0.4 is 5.32 Å². The van der Waals surface area contributed by atoms with Crippen LogP contribution in [0.25, 0.3) is 10.2 Å². The highest BCUT2D eigenvalue weighted by Gasteiger charge is 2.34. The fourth-order valence-electron chi connectivity index (χ4n) is 3.46. The predicted molar refractivity (Wildman–Crippen MR) is 99.1 cm³/mol. The summed E-state index contributed by atoms with van der Waals surface area (Å²) in [5.41, 5.74) is 0. The van der Waals surface area contributed by atoms with E-state index in [1.165, 1.54) is 0 Å². The van der Waals surface area contributed by atoms with Crippen LogP contribution >= 0.6 is 11.3 Å². The van der Waals surface area contributed by atoms with E-state index in [4.69, 9.17) is 0 Å². The second-order valence-corrected chi connectivity index (χ2v) is 7.53. The van der Waals surface area contributed by atoms with Crippen molar-refractivity contribution in [2.24, 2.45) is 7.05 Å². The largest absolute Gasteiger partial charge is 0.367 e. The minimum Gasteiger partial charge on any atom is -0.367 e. The Morgan fingerprint density at radius 3 is 3.04 bits per heavy atom. The van der Waals surface area contributed by atoms with Gasteiger partial charge in [0.25, 0.3) is 0 Å². The third-order valence-electron chi connectivity index (χ3n) is 4.99. The summed E-state index contributed by atoms with van der Waals surface area (Å²) >= 11 is 1.64. The summed E-state index contributed by atoms with van der Waals surface area (Å²) in [5, 5.41) is 15.5. The molecule has 0 spiro atoms. The summed E-state index contributed by atoms with van der Waals surface area (Å²) in [5.74, 6) is 3.37. The van der Waals surface area contributed by atoms with E-state index in [0.29, 0.717) is 18.5 Å². The Labute approximate surface area is 154 Å². The number of nitrogens with one attached hydrogen (secondary N) is 1. The lowest BCUT2D eigenvalue weighted by Crippen LogP contribution is -2.35. The second kappa shape index (κ2) is 6.17. The van der Waals surface area contributed by atoms with Gasteiger partial charge in [-0.3, -0.25) is 0 Å². The van der Waals surface area contributed by atoms with Crippen LogP contribution in [0, 0.1) is 0 Å². The molecular formula is C17H18N8S. The fourth-order valence-corrected chi connectivity index (χ4v) is 4.19. The van der Waals surface area contributed by atoms with Gasteiger partial charge in [0.15, 0.2) is 5.82 Å². The van der Waals surface area contributed by atoms with Gasteiger partial charge >= 0.3 is 0 Å². The number of anilines is 1. The third-order valence-corrected chi connectivity index (χ3v) is 5.81. The average Bonchev–Trinajstić information content (AvgIpc) is 3.34. The van der Waals surface area contributed by atoms with Gasteiger partial charge in [-0.1, -0.05) is 0 Å². The molecule has 0 amide bonds. The van der Waals surface area contributed by atoms with E-state index in [1.807, 2.05) is 17.8 Å². The van der Waals surface area contributed by atoms with Crippen molar-refractivity contribution in [2.75, 3.05) is 5.32 Å². The van der Waals surface area contributed by atoms with E-state index in [1.54, 1.807) is 30.2 Å². The Balaban J connectivity index is 1.26. The first-order valence-corrected chi connectivity index (χ1v) is 9.44. The van der Waals surface area contributed by atoms with Gasteiger partial charge in [0, 0.05) is 31.4 Å². The molecule has 0 bridgehead atoms. The van der Waals surface area contributed by atoms with Crippen LogP contribution in [0.3, 0.4) is 0 Å². The number of hydrogen-bond acceptors (Lipinski definition) is 7. The van der Waals surface area contributed by atoms with E-state index in [2.05, 4.69) is 46.5 Å². The molecule has 8 nitrogen and oxygen atoms in total. The summed E-state index contributed by atoms with van der Waals surface area (Å²) in [6.45, 7) is 0.689. The van der Waals surface area contributed by atoms with Gasteiger partial charge in [0.2, 0.25) is 0 Å². The van der Waals surface area contributed by atoms with Crippen LogP contribution in [0.4, 0.5) is 5.82 Å². The van der Waals surface area contributed by atoms with Crippen LogP contribution in [0.5, 0.6) is 0 Å². The number of imidazole rings is 1. The third kappa shape index (κ3) is 2.64. The van der Waals surface area contributed by atoms with E-state index < -0.39 is 0 Å². The van der Waals surface area contributed by atoms with Gasteiger partial charge < -0.3 is 14.5 Å². The van der Waals surface area contributed by atoms with Crippen LogP contribution in [0.1, 0.15) is 30.4 Å². The van der Waals surface area contributed by atoms with Crippen molar-refractivity contribution in [3.63, 3.8) is 0 Å². The Bertz CT molecular complexity index is 1030. The van der Waals surface area contributed by atoms with Crippen molar-refractivity contribution in [1.29, 1.82) is 0 Å². The molecule has 1 fully saturated rings. The number of aromatic nitrogens is 7. The summed E-state index contributed by atoms with van der Waals surface area (Å²) < 4.78 is 4.11. The van der Waals surface area contributed by atoms with Crippen LogP contribution in [0.2, 0.25) is 0 Å². The number of nitrogens with zero attached hydrogens (tertiary/aromatic N) is 7. The van der Waals surface area contributed by atoms with Crippen molar-refractivity contribution in [1.82, 2.24) is 34.3 Å². The lowest BCUT2D eigenvalue weighted by Gasteiger charge is -2.35. The minimum absolute atomic E-state index is 0.409. The van der Waals surface area contributed by atoms with Gasteiger partial charge in [-0.15, -0.1) is 21.5 Å².